The molecule has 10 nitrogen and oxygen atoms in total. The number of thiocarbonyl (C=S) groups is 1. The number of nitrogens with zero attached hydrogens (tertiary/aromatic N) is 2. The predicted molar refractivity (Wildman–Crippen MR) is 41.7 cm³/mol. The zero-order chi connectivity index (χ0) is 10.7. The maximum Gasteiger partial charge on any atom is 2.00 e. The fourth-order valence-electron chi connectivity index (χ4n) is 0. The molecule has 13 heavy (non-hydrogen) atoms. The average Bonchev–Trinajstić information content (AvgIpc) is 1.54. The molecule has 12 heteroatoms. The van der Waals surface area contributed by atoms with Gasteiger partial charge < -0.3 is 42.1 Å². The van der Waals surface area contributed by atoms with Gasteiger partial charge in [-0.1, -0.05) is 0 Å². The van der Waals surface area contributed by atoms with Gasteiger partial charge in [-0.15, -0.1) is 0 Å². The van der Waals surface area contributed by atoms with Crippen molar-refractivity contribution in [2.75, 3.05) is 0 Å². The van der Waals surface area contributed by atoms with Crippen LogP contribution in [0.2, 0.25) is 0 Å². The minimum atomic E-state index is -1.75. The van der Waals surface area contributed by atoms with E-state index in [9.17, 15) is 0 Å². The van der Waals surface area contributed by atoms with Gasteiger partial charge >= 0.3 is 16.8 Å². The summed E-state index contributed by atoms with van der Waals surface area (Å²) in [4.78, 5) is 16.5. The molecule has 0 saturated carbocycles. The van der Waals surface area contributed by atoms with Crippen LogP contribution < -0.4 is 11.5 Å². The molecule has 0 bridgehead atoms. The van der Waals surface area contributed by atoms with Crippen LogP contribution in [0.3, 0.4) is 0 Å². The number of nitrogens with two attached hydrogens (primary N) is 2. The Kier molecular flexibility index (Phi) is 29.4. The Hall–Kier alpha value is -1.40. The first-order valence-corrected chi connectivity index (χ1v) is 2.29. The van der Waals surface area contributed by atoms with Gasteiger partial charge in [0.25, 0.3) is 0 Å². The number of hydrogen-bond acceptors (Lipinski definition) is 7. The van der Waals surface area contributed by atoms with Crippen LogP contribution in [0.1, 0.15) is 0 Å². The monoisotopic (exact) mass is 259 g/mol. The molecule has 0 unspecified atom stereocenters. The summed E-state index contributed by atoms with van der Waals surface area (Å²) in [7, 11) is 0. The zero-order valence-corrected chi connectivity index (χ0v) is 7.60. The molecular formula is CH4CoN4O6S. The second-order valence-corrected chi connectivity index (χ2v) is 1.32. The molecule has 0 amide bonds. The quantitative estimate of drug-likeness (QED) is 0.303. The van der Waals surface area contributed by atoms with Crippen LogP contribution >= 0.6 is 12.2 Å². The summed E-state index contributed by atoms with van der Waals surface area (Å²) in [5, 5.41) is 29.5. The summed E-state index contributed by atoms with van der Waals surface area (Å²) >= 11 is 4.09. The normalized spacial score (nSPS) is 5.54. The standard InChI is InChI=1S/CH4N2S.Co.2NO3/c2-1(3)4;;2*2-1(3)4/h(H4,2,3,4);;;/q;+2;2*-1. The van der Waals surface area contributed by atoms with Crippen molar-refractivity contribution in [2.45, 2.75) is 0 Å². The molecular weight excluding hydrogens is 255 g/mol. The maximum atomic E-state index is 8.25. The second-order valence-electron chi connectivity index (χ2n) is 0.850. The van der Waals surface area contributed by atoms with E-state index in [2.05, 4.69) is 23.7 Å². The van der Waals surface area contributed by atoms with Crippen molar-refractivity contribution in [1.82, 2.24) is 0 Å². The van der Waals surface area contributed by atoms with Crippen molar-refractivity contribution in [1.29, 1.82) is 0 Å². The Bertz CT molecular complexity index is 122. The Morgan fingerprint density at radius 3 is 1.00 bits per heavy atom. The zero-order valence-electron chi connectivity index (χ0n) is 5.74. The first kappa shape index (κ1) is 22.6. The molecule has 0 rings (SSSR count). The summed E-state index contributed by atoms with van der Waals surface area (Å²) in [5.41, 5.74) is 9.24. The summed E-state index contributed by atoms with van der Waals surface area (Å²) < 4.78 is 0. The smallest absolute Gasteiger partial charge is 0.377 e. The third kappa shape index (κ3) is 398. The molecule has 0 saturated heterocycles. The van der Waals surface area contributed by atoms with E-state index in [1.165, 1.54) is 0 Å². The van der Waals surface area contributed by atoms with Gasteiger partial charge in [0, 0.05) is 0 Å². The van der Waals surface area contributed by atoms with Gasteiger partial charge in [-0.2, -0.15) is 0 Å². The molecule has 79 valence electrons. The van der Waals surface area contributed by atoms with E-state index < -0.39 is 10.2 Å². The van der Waals surface area contributed by atoms with Gasteiger partial charge in [0.1, 0.15) is 0 Å². The van der Waals surface area contributed by atoms with Crippen molar-refractivity contribution in [3.8, 4) is 0 Å². The van der Waals surface area contributed by atoms with Crippen LogP contribution in [0.5, 0.6) is 0 Å². The van der Waals surface area contributed by atoms with Gasteiger partial charge in [-0.25, -0.2) is 0 Å². The molecule has 0 aromatic rings. The van der Waals surface area contributed by atoms with Gasteiger partial charge in [-0.3, -0.25) is 0 Å². The molecule has 0 spiro atoms. The largest absolute Gasteiger partial charge is 2.00 e. The fraction of sp³-hybridized carbons (Fsp3) is 0. The third-order valence-electron chi connectivity index (χ3n) is 0. The van der Waals surface area contributed by atoms with E-state index in [1.54, 1.807) is 0 Å². The molecule has 4 N–H and O–H groups in total. The van der Waals surface area contributed by atoms with Crippen LogP contribution in [-0.2, 0) is 16.8 Å². The summed E-state index contributed by atoms with van der Waals surface area (Å²) in [6, 6.07) is 0. The van der Waals surface area contributed by atoms with E-state index in [1.807, 2.05) is 0 Å². The van der Waals surface area contributed by atoms with Crippen molar-refractivity contribution >= 4 is 17.3 Å². The van der Waals surface area contributed by atoms with E-state index in [0.717, 1.165) is 0 Å². The Morgan fingerprint density at radius 2 is 1.00 bits per heavy atom. The molecule has 0 fully saturated rings. The van der Waals surface area contributed by atoms with Crippen molar-refractivity contribution in [3.05, 3.63) is 30.6 Å². The number of hydrogen-bond donors (Lipinski definition) is 2. The van der Waals surface area contributed by atoms with Gasteiger partial charge in [0.2, 0.25) is 0 Å². The van der Waals surface area contributed by atoms with Gasteiger partial charge in [-0.05, 0) is 12.2 Å². The van der Waals surface area contributed by atoms with Crippen LogP contribution in [0, 0.1) is 30.6 Å². The van der Waals surface area contributed by atoms with E-state index >= 15 is 0 Å². The topological polar surface area (TPSA) is 184 Å². The van der Waals surface area contributed by atoms with Gasteiger partial charge in [0.05, 0.1) is 10.2 Å². The van der Waals surface area contributed by atoms with E-state index in [4.69, 9.17) is 30.6 Å². The van der Waals surface area contributed by atoms with E-state index in [0.29, 0.717) is 0 Å². The van der Waals surface area contributed by atoms with Crippen molar-refractivity contribution < 1.29 is 27.0 Å². The summed E-state index contributed by atoms with van der Waals surface area (Å²) in [6.07, 6.45) is 0. The third-order valence-corrected chi connectivity index (χ3v) is 0. The van der Waals surface area contributed by atoms with Crippen LogP contribution in [-0.4, -0.2) is 15.3 Å². The predicted octanol–water partition coefficient (Wildman–Crippen LogP) is -1.29. The molecule has 0 atom stereocenters. The second kappa shape index (κ2) is 16.9. The number of rotatable bonds is 0. The SMILES string of the molecule is NC(N)=S.O=[N+]([O-])[O-].O=[N+]([O-])[O-].[Co+2]. The van der Waals surface area contributed by atoms with Crippen molar-refractivity contribution in [3.63, 3.8) is 0 Å². The van der Waals surface area contributed by atoms with Crippen LogP contribution in [0.15, 0.2) is 0 Å². The van der Waals surface area contributed by atoms with Crippen LogP contribution in [0.25, 0.3) is 0 Å². The molecule has 0 heterocycles. The Labute approximate surface area is 86.9 Å². The van der Waals surface area contributed by atoms with E-state index in [-0.39, 0.29) is 21.9 Å². The minimum absolute atomic E-state index is 0. The molecule has 0 aromatic carbocycles. The van der Waals surface area contributed by atoms with Crippen LogP contribution in [0.4, 0.5) is 0 Å². The average molecular weight is 259 g/mol. The molecule has 0 aliphatic rings. The molecule has 0 aliphatic heterocycles. The first-order chi connectivity index (χ1) is 5.20. The maximum absolute atomic E-state index is 8.25. The summed E-state index contributed by atoms with van der Waals surface area (Å²) in [6.45, 7) is 0. The van der Waals surface area contributed by atoms with Gasteiger partial charge in [0.15, 0.2) is 5.11 Å². The first-order valence-electron chi connectivity index (χ1n) is 1.88. The van der Waals surface area contributed by atoms with Crippen molar-refractivity contribution in [2.24, 2.45) is 11.5 Å². The fourth-order valence-corrected chi connectivity index (χ4v) is 0. The molecule has 1 radical (unpaired) electrons. The Morgan fingerprint density at radius 1 is 1.00 bits per heavy atom. The molecule has 0 aliphatic carbocycles. The molecule has 0 aromatic heterocycles. The Balaban J connectivity index is -0.0000000450. The minimum Gasteiger partial charge on any atom is -0.377 e. The summed E-state index contributed by atoms with van der Waals surface area (Å²) in [5.74, 6) is 0.